The van der Waals surface area contributed by atoms with E-state index in [-0.39, 0.29) is 0 Å². The maximum atomic E-state index is 9.42. The Labute approximate surface area is 92.7 Å². The zero-order chi connectivity index (χ0) is 11.7. The zero-order valence-corrected chi connectivity index (χ0v) is 10.0. The molecule has 0 unspecified atom stereocenters. The van der Waals surface area contributed by atoms with Crippen LogP contribution in [0.25, 0.3) is 0 Å². The first-order chi connectivity index (χ1) is 7.13. The van der Waals surface area contributed by atoms with Gasteiger partial charge in [0.2, 0.25) is 0 Å². The molecule has 3 heteroatoms. The molecule has 0 saturated carbocycles. The Balaban J connectivity index is 4.44. The van der Waals surface area contributed by atoms with Gasteiger partial charge in [0.1, 0.15) is 11.5 Å². The van der Waals surface area contributed by atoms with Crippen LogP contribution >= 0.6 is 0 Å². The highest BCUT2D eigenvalue weighted by Gasteiger charge is 1.99. The van der Waals surface area contributed by atoms with Crippen molar-refractivity contribution in [3.63, 3.8) is 0 Å². The molecule has 0 aromatic heterocycles. The van der Waals surface area contributed by atoms with E-state index in [2.05, 4.69) is 6.92 Å². The Hall–Kier alpha value is -1.12. The standard InChI is InChI=1S/C12H23NO2/c1-4-7-8-13(9-11(14)5-2)10-12(15)6-3/h9-10,14-15H,4-8H2,1-3H3. The highest BCUT2D eigenvalue weighted by Crippen LogP contribution is 2.06. The largest absolute Gasteiger partial charge is 0.511 e. The average Bonchev–Trinajstić information content (AvgIpc) is 2.25. The van der Waals surface area contributed by atoms with E-state index in [0.29, 0.717) is 24.4 Å². The van der Waals surface area contributed by atoms with Crippen LogP contribution < -0.4 is 0 Å². The van der Waals surface area contributed by atoms with Crippen LogP contribution in [0.4, 0.5) is 0 Å². The summed E-state index contributed by atoms with van der Waals surface area (Å²) in [7, 11) is 0. The van der Waals surface area contributed by atoms with Crippen molar-refractivity contribution >= 4 is 0 Å². The molecule has 0 aliphatic carbocycles. The third kappa shape index (κ3) is 6.89. The van der Waals surface area contributed by atoms with Gasteiger partial charge in [-0.25, -0.2) is 0 Å². The molecule has 0 aromatic rings. The number of hydrogen-bond donors (Lipinski definition) is 2. The minimum Gasteiger partial charge on any atom is -0.511 e. The van der Waals surface area contributed by atoms with E-state index in [1.165, 1.54) is 0 Å². The van der Waals surface area contributed by atoms with Gasteiger partial charge in [-0.15, -0.1) is 0 Å². The van der Waals surface area contributed by atoms with E-state index in [0.717, 1.165) is 19.4 Å². The molecular weight excluding hydrogens is 190 g/mol. The fraction of sp³-hybridized carbons (Fsp3) is 0.667. The van der Waals surface area contributed by atoms with Gasteiger partial charge >= 0.3 is 0 Å². The Morgan fingerprint density at radius 1 is 1.00 bits per heavy atom. The molecule has 0 amide bonds. The van der Waals surface area contributed by atoms with Gasteiger partial charge in [-0.3, -0.25) is 0 Å². The third-order valence-corrected chi connectivity index (χ3v) is 2.12. The number of unbranched alkanes of at least 4 members (excludes halogenated alkanes) is 1. The summed E-state index contributed by atoms with van der Waals surface area (Å²) in [5.41, 5.74) is 0. The normalized spacial score (nSPS) is 13.0. The molecule has 0 atom stereocenters. The van der Waals surface area contributed by atoms with E-state index < -0.39 is 0 Å². The fourth-order valence-electron chi connectivity index (χ4n) is 1.07. The minimum absolute atomic E-state index is 0.339. The molecule has 0 rings (SSSR count). The molecule has 0 saturated heterocycles. The summed E-state index contributed by atoms with van der Waals surface area (Å²) in [5, 5.41) is 18.8. The maximum Gasteiger partial charge on any atom is 0.108 e. The summed E-state index contributed by atoms with van der Waals surface area (Å²) in [6, 6.07) is 0. The molecule has 0 aromatic carbocycles. The lowest BCUT2D eigenvalue weighted by molar-refractivity contribution is 0.346. The van der Waals surface area contributed by atoms with Gasteiger partial charge in [0.05, 0.1) is 0 Å². The first-order valence-electron chi connectivity index (χ1n) is 5.69. The van der Waals surface area contributed by atoms with Gasteiger partial charge in [0.15, 0.2) is 0 Å². The number of aliphatic hydroxyl groups is 2. The van der Waals surface area contributed by atoms with Crippen molar-refractivity contribution in [2.75, 3.05) is 6.54 Å². The van der Waals surface area contributed by atoms with Crippen LogP contribution in [0.3, 0.4) is 0 Å². The van der Waals surface area contributed by atoms with Gasteiger partial charge in [-0.2, -0.15) is 0 Å². The van der Waals surface area contributed by atoms with Gasteiger partial charge in [0.25, 0.3) is 0 Å². The van der Waals surface area contributed by atoms with Crippen molar-refractivity contribution < 1.29 is 10.2 Å². The molecule has 0 aliphatic heterocycles. The monoisotopic (exact) mass is 213 g/mol. The highest BCUT2D eigenvalue weighted by molar-refractivity contribution is 4.98. The summed E-state index contributed by atoms with van der Waals surface area (Å²) in [5.74, 6) is 0.678. The summed E-state index contributed by atoms with van der Waals surface area (Å²) in [6.45, 7) is 6.73. The zero-order valence-electron chi connectivity index (χ0n) is 10.0. The topological polar surface area (TPSA) is 43.7 Å². The Kier molecular flexibility index (Phi) is 7.60. The first kappa shape index (κ1) is 13.9. The maximum absolute atomic E-state index is 9.42. The predicted octanol–water partition coefficient (Wildman–Crippen LogP) is 3.71. The Morgan fingerprint density at radius 2 is 1.47 bits per heavy atom. The smallest absolute Gasteiger partial charge is 0.108 e. The van der Waals surface area contributed by atoms with Crippen LogP contribution in [0.2, 0.25) is 0 Å². The van der Waals surface area contributed by atoms with Crippen LogP contribution in [-0.2, 0) is 0 Å². The van der Waals surface area contributed by atoms with Crippen molar-refractivity contribution in [2.45, 2.75) is 46.5 Å². The number of allylic oxidation sites excluding steroid dienone is 2. The first-order valence-corrected chi connectivity index (χ1v) is 5.69. The second kappa shape index (κ2) is 8.21. The van der Waals surface area contributed by atoms with Gasteiger partial charge in [-0.1, -0.05) is 27.2 Å². The molecular formula is C12H23NO2. The quantitative estimate of drug-likeness (QED) is 0.634. The van der Waals surface area contributed by atoms with E-state index >= 15 is 0 Å². The lowest BCUT2D eigenvalue weighted by atomic mass is 10.3. The SMILES string of the molecule is CCCCN(C=C(O)CC)C=C(O)CC. The highest BCUT2D eigenvalue weighted by atomic mass is 16.3. The second-order valence-corrected chi connectivity index (χ2v) is 3.54. The summed E-state index contributed by atoms with van der Waals surface area (Å²) >= 11 is 0. The lowest BCUT2D eigenvalue weighted by Crippen LogP contribution is -2.13. The molecule has 3 nitrogen and oxygen atoms in total. The predicted molar refractivity (Wildman–Crippen MR) is 63.6 cm³/mol. The van der Waals surface area contributed by atoms with E-state index in [9.17, 15) is 10.2 Å². The molecule has 0 bridgehead atoms. The van der Waals surface area contributed by atoms with E-state index in [4.69, 9.17) is 0 Å². The molecule has 0 aliphatic rings. The summed E-state index contributed by atoms with van der Waals surface area (Å²) in [4.78, 5) is 1.85. The summed E-state index contributed by atoms with van der Waals surface area (Å²) < 4.78 is 0. The number of hydrogen-bond acceptors (Lipinski definition) is 3. The van der Waals surface area contributed by atoms with Gasteiger partial charge in [0, 0.05) is 31.8 Å². The van der Waals surface area contributed by atoms with Crippen LogP contribution in [0, 0.1) is 0 Å². The summed E-state index contributed by atoms with van der Waals surface area (Å²) in [6.07, 6.45) is 6.73. The minimum atomic E-state index is 0.339. The molecule has 2 N–H and O–H groups in total. The van der Waals surface area contributed by atoms with E-state index in [1.54, 1.807) is 12.4 Å². The molecule has 0 spiro atoms. The van der Waals surface area contributed by atoms with Crippen molar-refractivity contribution in [1.82, 2.24) is 4.90 Å². The Bertz CT molecular complexity index is 202. The van der Waals surface area contributed by atoms with Gasteiger partial charge in [-0.05, 0) is 6.42 Å². The average molecular weight is 213 g/mol. The van der Waals surface area contributed by atoms with Crippen LogP contribution in [0.5, 0.6) is 0 Å². The second-order valence-electron chi connectivity index (χ2n) is 3.54. The molecule has 0 radical (unpaired) electrons. The van der Waals surface area contributed by atoms with Crippen LogP contribution in [-0.4, -0.2) is 21.7 Å². The van der Waals surface area contributed by atoms with Crippen molar-refractivity contribution in [3.05, 3.63) is 23.9 Å². The number of nitrogens with zero attached hydrogens (tertiary/aromatic N) is 1. The fourth-order valence-corrected chi connectivity index (χ4v) is 1.07. The lowest BCUT2D eigenvalue weighted by Gasteiger charge is -2.16. The van der Waals surface area contributed by atoms with Gasteiger partial charge < -0.3 is 15.1 Å². The van der Waals surface area contributed by atoms with Crippen molar-refractivity contribution in [3.8, 4) is 0 Å². The molecule has 0 heterocycles. The number of rotatable bonds is 7. The van der Waals surface area contributed by atoms with Crippen LogP contribution in [0.15, 0.2) is 23.9 Å². The molecule has 88 valence electrons. The van der Waals surface area contributed by atoms with Crippen LogP contribution in [0.1, 0.15) is 46.5 Å². The molecule has 0 fully saturated rings. The Morgan fingerprint density at radius 3 is 1.80 bits per heavy atom. The number of aliphatic hydroxyl groups excluding tert-OH is 2. The molecule has 15 heavy (non-hydrogen) atoms. The third-order valence-electron chi connectivity index (χ3n) is 2.12. The van der Waals surface area contributed by atoms with Crippen molar-refractivity contribution in [1.29, 1.82) is 0 Å². The van der Waals surface area contributed by atoms with Crippen molar-refractivity contribution in [2.24, 2.45) is 0 Å². The van der Waals surface area contributed by atoms with E-state index in [1.807, 2.05) is 18.7 Å².